The number of ether oxygens (including phenoxy) is 1. The maximum atomic E-state index is 13.4. The van der Waals surface area contributed by atoms with Gasteiger partial charge in [0.05, 0.1) is 7.11 Å². The van der Waals surface area contributed by atoms with Gasteiger partial charge in [0.2, 0.25) is 0 Å². The summed E-state index contributed by atoms with van der Waals surface area (Å²) >= 11 is 0. The SMILES string of the molecule is COc1ccc2c(c1)cc(C(=O)N1CC3CC(C1)c1cccc(=O)n1C3)n2C. The first kappa shape index (κ1) is 17.1. The largest absolute Gasteiger partial charge is 0.497 e. The fourth-order valence-corrected chi connectivity index (χ4v) is 4.88. The molecule has 2 atom stereocenters. The normalized spacial score (nSPS) is 20.9. The van der Waals surface area contributed by atoms with Crippen LogP contribution in [0.15, 0.2) is 47.3 Å². The molecule has 2 bridgehead atoms. The van der Waals surface area contributed by atoms with Gasteiger partial charge in [-0.25, -0.2) is 0 Å². The number of pyridine rings is 1. The van der Waals surface area contributed by atoms with Gasteiger partial charge in [0.25, 0.3) is 11.5 Å². The number of nitrogens with zero attached hydrogens (tertiary/aromatic N) is 3. The highest BCUT2D eigenvalue weighted by molar-refractivity contribution is 5.99. The maximum absolute atomic E-state index is 13.4. The van der Waals surface area contributed by atoms with Gasteiger partial charge in [-0.1, -0.05) is 6.07 Å². The maximum Gasteiger partial charge on any atom is 0.270 e. The van der Waals surface area contributed by atoms with Crippen LogP contribution in [0.25, 0.3) is 10.9 Å². The minimum atomic E-state index is 0.0547. The molecule has 0 N–H and O–H groups in total. The topological polar surface area (TPSA) is 56.5 Å². The van der Waals surface area contributed by atoms with E-state index in [-0.39, 0.29) is 17.4 Å². The Morgan fingerprint density at radius 3 is 2.79 bits per heavy atom. The van der Waals surface area contributed by atoms with Crippen LogP contribution in [-0.4, -0.2) is 40.1 Å². The van der Waals surface area contributed by atoms with E-state index in [0.29, 0.717) is 31.2 Å². The minimum absolute atomic E-state index is 0.0547. The lowest BCUT2D eigenvalue weighted by Crippen LogP contribution is -2.49. The fourth-order valence-electron chi connectivity index (χ4n) is 4.88. The Morgan fingerprint density at radius 2 is 1.96 bits per heavy atom. The van der Waals surface area contributed by atoms with Crippen molar-refractivity contribution in [2.75, 3.05) is 20.2 Å². The third-order valence-corrected chi connectivity index (χ3v) is 6.24. The summed E-state index contributed by atoms with van der Waals surface area (Å²) in [4.78, 5) is 27.5. The van der Waals surface area contributed by atoms with Gasteiger partial charge in [-0.15, -0.1) is 0 Å². The summed E-state index contributed by atoms with van der Waals surface area (Å²) in [7, 11) is 3.58. The molecule has 0 radical (unpaired) electrons. The van der Waals surface area contributed by atoms with Crippen LogP contribution in [0, 0.1) is 5.92 Å². The molecule has 1 amide bonds. The lowest BCUT2D eigenvalue weighted by atomic mass is 9.83. The van der Waals surface area contributed by atoms with Crippen molar-refractivity contribution >= 4 is 16.8 Å². The Hall–Kier alpha value is -3.02. The zero-order valence-corrected chi connectivity index (χ0v) is 16.1. The number of piperidine rings is 1. The number of likely N-dealkylation sites (tertiary alicyclic amines) is 1. The Morgan fingerprint density at radius 1 is 1.11 bits per heavy atom. The first-order valence-corrected chi connectivity index (χ1v) is 9.67. The molecule has 2 aliphatic rings. The third kappa shape index (κ3) is 2.55. The highest BCUT2D eigenvalue weighted by Gasteiger charge is 2.37. The molecule has 1 fully saturated rings. The minimum Gasteiger partial charge on any atom is -0.497 e. The summed E-state index contributed by atoms with van der Waals surface area (Å²) in [6.45, 7) is 2.05. The number of aryl methyl sites for hydroxylation is 1. The van der Waals surface area contributed by atoms with Crippen molar-refractivity contribution in [3.8, 4) is 5.75 Å². The summed E-state index contributed by atoms with van der Waals surface area (Å²) in [5.74, 6) is 1.39. The second kappa shape index (κ2) is 6.26. The van der Waals surface area contributed by atoms with Gasteiger partial charge in [0.1, 0.15) is 11.4 Å². The molecule has 0 spiro atoms. The van der Waals surface area contributed by atoms with E-state index in [0.717, 1.165) is 28.8 Å². The van der Waals surface area contributed by atoms with Gasteiger partial charge in [0, 0.05) is 55.3 Å². The van der Waals surface area contributed by atoms with Crippen LogP contribution in [0.4, 0.5) is 0 Å². The van der Waals surface area contributed by atoms with E-state index < -0.39 is 0 Å². The van der Waals surface area contributed by atoms with Crippen LogP contribution in [0.3, 0.4) is 0 Å². The number of benzene rings is 1. The van der Waals surface area contributed by atoms with Gasteiger partial charge in [-0.2, -0.15) is 0 Å². The van der Waals surface area contributed by atoms with E-state index in [1.165, 1.54) is 0 Å². The van der Waals surface area contributed by atoms with Crippen LogP contribution in [0.2, 0.25) is 0 Å². The second-order valence-electron chi connectivity index (χ2n) is 7.92. The van der Waals surface area contributed by atoms with Crippen molar-refractivity contribution in [3.05, 3.63) is 64.2 Å². The molecule has 0 aliphatic carbocycles. The number of methoxy groups -OCH3 is 1. The predicted molar refractivity (Wildman–Crippen MR) is 107 cm³/mol. The quantitative estimate of drug-likeness (QED) is 0.690. The number of fused-ring (bicyclic) bond motifs is 5. The molecule has 4 heterocycles. The van der Waals surface area contributed by atoms with Gasteiger partial charge in [0.15, 0.2) is 0 Å². The molecule has 0 saturated carbocycles. The zero-order valence-electron chi connectivity index (χ0n) is 16.1. The van der Waals surface area contributed by atoms with Gasteiger partial charge < -0.3 is 18.8 Å². The highest BCUT2D eigenvalue weighted by atomic mass is 16.5. The molecule has 2 aliphatic heterocycles. The number of aromatic nitrogens is 2. The number of rotatable bonds is 2. The van der Waals surface area contributed by atoms with Crippen molar-refractivity contribution in [1.82, 2.24) is 14.0 Å². The number of carbonyl (C=O) groups excluding carboxylic acids is 1. The molecule has 1 saturated heterocycles. The monoisotopic (exact) mass is 377 g/mol. The Bertz CT molecular complexity index is 1140. The van der Waals surface area contributed by atoms with E-state index in [4.69, 9.17) is 4.74 Å². The summed E-state index contributed by atoms with van der Waals surface area (Å²) in [6, 6.07) is 13.3. The fraction of sp³-hybridized carbons (Fsp3) is 0.364. The Balaban J connectivity index is 1.48. The lowest BCUT2D eigenvalue weighted by Gasteiger charge is -2.42. The van der Waals surface area contributed by atoms with E-state index in [9.17, 15) is 9.59 Å². The molecular weight excluding hydrogens is 354 g/mol. The molecule has 5 rings (SSSR count). The number of amides is 1. The van der Waals surface area contributed by atoms with E-state index in [1.807, 2.05) is 57.5 Å². The molecule has 1 aromatic carbocycles. The standard InChI is InChI=1S/C22H23N3O3/c1-23-18-7-6-17(28-2)9-15(18)10-20(23)22(27)24-11-14-8-16(13-24)19-4-3-5-21(26)25(19)12-14/h3-7,9-10,14,16H,8,11-13H2,1-2H3. The van der Waals surface area contributed by atoms with Crippen LogP contribution in [0.1, 0.15) is 28.5 Å². The Kier molecular flexibility index (Phi) is 3.82. The molecule has 6 heteroatoms. The molecule has 2 unspecified atom stereocenters. The van der Waals surface area contributed by atoms with Crippen molar-refractivity contribution < 1.29 is 9.53 Å². The van der Waals surface area contributed by atoms with Gasteiger partial charge >= 0.3 is 0 Å². The average Bonchev–Trinajstić information content (AvgIpc) is 3.04. The van der Waals surface area contributed by atoms with Gasteiger partial charge in [-0.3, -0.25) is 9.59 Å². The Labute approximate surface area is 162 Å². The average molecular weight is 377 g/mol. The van der Waals surface area contributed by atoms with Gasteiger partial charge in [-0.05, 0) is 42.7 Å². The summed E-state index contributed by atoms with van der Waals surface area (Å²) in [5.41, 5.74) is 2.82. The van der Waals surface area contributed by atoms with Crippen molar-refractivity contribution in [3.63, 3.8) is 0 Å². The van der Waals surface area contributed by atoms with Crippen molar-refractivity contribution in [2.24, 2.45) is 13.0 Å². The van der Waals surface area contributed by atoms with Crippen LogP contribution < -0.4 is 10.3 Å². The summed E-state index contributed by atoms with van der Waals surface area (Å²) in [6.07, 6.45) is 1.04. The zero-order chi connectivity index (χ0) is 19.4. The third-order valence-electron chi connectivity index (χ3n) is 6.24. The molecule has 3 aromatic rings. The predicted octanol–water partition coefficient (Wildman–Crippen LogP) is 2.61. The molecule has 28 heavy (non-hydrogen) atoms. The lowest BCUT2D eigenvalue weighted by molar-refractivity contribution is 0.0585. The smallest absolute Gasteiger partial charge is 0.270 e. The molecule has 6 nitrogen and oxygen atoms in total. The van der Waals surface area contributed by atoms with E-state index in [2.05, 4.69) is 0 Å². The number of carbonyl (C=O) groups is 1. The van der Waals surface area contributed by atoms with E-state index >= 15 is 0 Å². The first-order valence-electron chi connectivity index (χ1n) is 9.67. The molecule has 2 aromatic heterocycles. The van der Waals surface area contributed by atoms with Crippen LogP contribution in [-0.2, 0) is 13.6 Å². The van der Waals surface area contributed by atoms with Crippen molar-refractivity contribution in [2.45, 2.75) is 18.9 Å². The summed E-state index contributed by atoms with van der Waals surface area (Å²) in [5, 5.41) is 0.999. The number of hydrogen-bond donors (Lipinski definition) is 0. The second-order valence-corrected chi connectivity index (χ2v) is 7.92. The first-order chi connectivity index (χ1) is 13.5. The summed E-state index contributed by atoms with van der Waals surface area (Å²) < 4.78 is 9.16. The molecular formula is C22H23N3O3. The molecule has 144 valence electrons. The van der Waals surface area contributed by atoms with Crippen molar-refractivity contribution in [1.29, 1.82) is 0 Å². The van der Waals surface area contributed by atoms with E-state index in [1.54, 1.807) is 13.2 Å². The van der Waals surface area contributed by atoms with Crippen LogP contribution >= 0.6 is 0 Å². The van der Waals surface area contributed by atoms with Crippen LogP contribution in [0.5, 0.6) is 5.75 Å². The highest BCUT2D eigenvalue weighted by Crippen LogP contribution is 2.36. The number of hydrogen-bond acceptors (Lipinski definition) is 3.